The van der Waals surface area contributed by atoms with Crippen molar-refractivity contribution in [3.05, 3.63) is 0 Å². The summed E-state index contributed by atoms with van der Waals surface area (Å²) in [6.45, 7) is -0.380. The lowest BCUT2D eigenvalue weighted by molar-refractivity contribution is 0.216. The predicted octanol–water partition coefficient (Wildman–Crippen LogP) is 1.11. The van der Waals surface area contributed by atoms with Gasteiger partial charge >= 0.3 is 0 Å². The van der Waals surface area contributed by atoms with Crippen LogP contribution in [-0.2, 0) is 9.59 Å². The maximum absolute atomic E-state index is 12.8. The molecule has 2 unspecified atom stereocenters. The Kier molecular flexibility index (Phi) is 7.42. The van der Waals surface area contributed by atoms with Gasteiger partial charge in [-0.25, -0.2) is 28.4 Å². The number of rotatable bonds is 7. The highest BCUT2D eigenvalue weighted by atomic mass is 19.1. The van der Waals surface area contributed by atoms with Gasteiger partial charge in [0.05, 0.1) is 13.1 Å². The molecule has 4 nitrogen and oxygen atoms in total. The van der Waals surface area contributed by atoms with E-state index in [-0.39, 0.29) is 25.9 Å². The van der Waals surface area contributed by atoms with Crippen LogP contribution >= 0.6 is 0 Å². The Morgan fingerprint density at radius 1 is 1.07 bits per heavy atom. The molecule has 0 aliphatic rings. The van der Waals surface area contributed by atoms with Gasteiger partial charge in [-0.2, -0.15) is 0 Å². The van der Waals surface area contributed by atoms with Crippen molar-refractivity contribution < 1.29 is 18.4 Å². The first-order valence-electron chi connectivity index (χ1n) is 4.06. The van der Waals surface area contributed by atoms with Gasteiger partial charge in [0.1, 0.15) is 12.3 Å². The summed E-state index contributed by atoms with van der Waals surface area (Å²) in [5.74, 6) is 0. The largest absolute Gasteiger partial charge is 0.247 e. The predicted molar refractivity (Wildman–Crippen MR) is 45.0 cm³/mol. The summed E-state index contributed by atoms with van der Waals surface area (Å²) >= 11 is 0. The van der Waals surface area contributed by atoms with Crippen molar-refractivity contribution >= 4 is 12.2 Å². The highest BCUT2D eigenvalue weighted by Gasteiger charge is 2.14. The molecule has 14 heavy (non-hydrogen) atoms. The molecule has 6 heteroatoms. The number of hydrogen-bond acceptors (Lipinski definition) is 4. The van der Waals surface area contributed by atoms with Crippen LogP contribution in [0.3, 0.4) is 0 Å². The summed E-state index contributed by atoms with van der Waals surface area (Å²) in [7, 11) is 0. The van der Waals surface area contributed by atoms with Gasteiger partial charge in [-0.05, 0) is 6.42 Å². The van der Waals surface area contributed by atoms with Crippen molar-refractivity contribution in [1.29, 1.82) is 0 Å². The molecule has 0 fully saturated rings. The van der Waals surface area contributed by atoms with Gasteiger partial charge in [-0.1, -0.05) is 0 Å². The molecule has 0 heterocycles. The molecule has 0 aromatic rings. The molecule has 0 aliphatic heterocycles. The lowest BCUT2D eigenvalue weighted by Crippen LogP contribution is -2.14. The smallest absolute Gasteiger partial charge is 0.235 e. The second-order valence-corrected chi connectivity index (χ2v) is 2.62. The molecule has 0 rings (SSSR count). The van der Waals surface area contributed by atoms with Crippen LogP contribution in [0.25, 0.3) is 0 Å². The van der Waals surface area contributed by atoms with Gasteiger partial charge in [0.15, 0.2) is 0 Å². The minimum Gasteiger partial charge on any atom is -0.247 e. The summed E-state index contributed by atoms with van der Waals surface area (Å²) in [4.78, 5) is 25.3. The van der Waals surface area contributed by atoms with E-state index in [9.17, 15) is 18.4 Å². The van der Waals surface area contributed by atoms with Gasteiger partial charge in [0, 0.05) is 6.42 Å². The third-order valence-corrected chi connectivity index (χ3v) is 1.48. The zero-order valence-electron chi connectivity index (χ0n) is 7.45. The molecule has 2 atom stereocenters. The van der Waals surface area contributed by atoms with Crippen molar-refractivity contribution in [3.63, 3.8) is 0 Å². The molecule has 0 radical (unpaired) electrons. The van der Waals surface area contributed by atoms with Crippen molar-refractivity contribution in [2.24, 2.45) is 9.98 Å². The topological polar surface area (TPSA) is 58.9 Å². The second kappa shape index (κ2) is 8.23. The number of halogens is 2. The van der Waals surface area contributed by atoms with E-state index in [1.165, 1.54) is 12.2 Å². The molecule has 0 N–H and O–H groups in total. The van der Waals surface area contributed by atoms with E-state index in [0.29, 0.717) is 0 Å². The van der Waals surface area contributed by atoms with E-state index in [0.717, 1.165) is 0 Å². The maximum Gasteiger partial charge on any atom is 0.235 e. The minimum atomic E-state index is -1.49. The van der Waals surface area contributed by atoms with Gasteiger partial charge in [0.2, 0.25) is 12.2 Å². The van der Waals surface area contributed by atoms with E-state index in [1.807, 2.05) is 0 Å². The monoisotopic (exact) mass is 204 g/mol. The van der Waals surface area contributed by atoms with E-state index < -0.39 is 12.3 Å². The van der Waals surface area contributed by atoms with Crippen LogP contribution in [0, 0.1) is 0 Å². The van der Waals surface area contributed by atoms with Crippen LogP contribution < -0.4 is 0 Å². The summed E-state index contributed by atoms with van der Waals surface area (Å²) < 4.78 is 25.6. The van der Waals surface area contributed by atoms with Crippen LogP contribution in [0.15, 0.2) is 9.98 Å². The van der Waals surface area contributed by atoms with Gasteiger partial charge < -0.3 is 0 Å². The van der Waals surface area contributed by atoms with Crippen LogP contribution in [0.2, 0.25) is 0 Å². The van der Waals surface area contributed by atoms with E-state index in [4.69, 9.17) is 0 Å². The van der Waals surface area contributed by atoms with Gasteiger partial charge in [-0.3, -0.25) is 0 Å². The summed E-state index contributed by atoms with van der Waals surface area (Å²) in [6.07, 6.45) is -0.832. The van der Waals surface area contributed by atoms with Gasteiger partial charge in [0.25, 0.3) is 0 Å². The van der Waals surface area contributed by atoms with Crippen molar-refractivity contribution in [3.8, 4) is 0 Å². The third-order valence-electron chi connectivity index (χ3n) is 1.48. The van der Waals surface area contributed by atoms with Crippen LogP contribution in [-0.4, -0.2) is 37.6 Å². The third kappa shape index (κ3) is 7.28. The number of isocyanates is 2. The number of aliphatic imine (C=N–C) groups is 2. The standard InChI is InChI=1S/C8H10F2N2O2/c9-7(1-2-11-5-13)3-8(10)4-12-6-14/h7-8H,1-4H2. The van der Waals surface area contributed by atoms with E-state index in [2.05, 4.69) is 9.98 Å². The molecule has 0 amide bonds. The van der Waals surface area contributed by atoms with E-state index in [1.54, 1.807) is 0 Å². The van der Waals surface area contributed by atoms with Crippen LogP contribution in [0.4, 0.5) is 8.78 Å². The molecule has 0 bridgehead atoms. The average Bonchev–Trinajstić information content (AvgIpc) is 2.15. The maximum atomic E-state index is 12.8. The molecule has 0 aromatic carbocycles. The normalized spacial score (nSPS) is 13.6. The number of nitrogens with zero attached hydrogens (tertiary/aromatic N) is 2. The molecule has 0 aliphatic carbocycles. The summed E-state index contributed by atoms with van der Waals surface area (Å²) in [5.41, 5.74) is 0. The molecule has 0 spiro atoms. The Balaban J connectivity index is 3.63. The average molecular weight is 204 g/mol. The quantitative estimate of drug-likeness (QED) is 0.460. The molecular formula is C8H10F2N2O2. The minimum absolute atomic E-state index is 0.00562. The highest BCUT2D eigenvalue weighted by Crippen LogP contribution is 2.10. The lowest BCUT2D eigenvalue weighted by Gasteiger charge is -2.07. The Morgan fingerprint density at radius 3 is 2.29 bits per heavy atom. The van der Waals surface area contributed by atoms with Crippen molar-refractivity contribution in [1.82, 2.24) is 0 Å². The lowest BCUT2D eigenvalue weighted by atomic mass is 10.1. The zero-order chi connectivity index (χ0) is 10.8. The number of hydrogen-bond donors (Lipinski definition) is 0. The Bertz CT molecular complexity index is 248. The zero-order valence-corrected chi connectivity index (χ0v) is 7.45. The number of carbonyl (C=O) groups excluding carboxylic acids is 2. The van der Waals surface area contributed by atoms with Crippen LogP contribution in [0.1, 0.15) is 12.8 Å². The van der Waals surface area contributed by atoms with Crippen molar-refractivity contribution in [2.45, 2.75) is 25.2 Å². The van der Waals surface area contributed by atoms with Crippen LogP contribution in [0.5, 0.6) is 0 Å². The first kappa shape index (κ1) is 12.6. The fourth-order valence-electron chi connectivity index (χ4n) is 0.856. The molecule has 0 saturated heterocycles. The Morgan fingerprint density at radius 2 is 1.71 bits per heavy atom. The molecule has 0 saturated carbocycles. The molecule has 0 aromatic heterocycles. The Labute approximate surface area is 79.7 Å². The Hall–Kier alpha value is -1.38. The fraction of sp³-hybridized carbons (Fsp3) is 0.750. The molecular weight excluding hydrogens is 194 g/mol. The van der Waals surface area contributed by atoms with Gasteiger partial charge in [-0.15, -0.1) is 0 Å². The number of alkyl halides is 2. The first-order valence-corrected chi connectivity index (χ1v) is 4.06. The van der Waals surface area contributed by atoms with Crippen molar-refractivity contribution in [2.75, 3.05) is 13.1 Å². The van der Waals surface area contributed by atoms with E-state index >= 15 is 0 Å². The SMILES string of the molecule is O=C=NCCC(F)CC(F)CN=C=O. The molecule has 78 valence electrons. The summed E-state index contributed by atoms with van der Waals surface area (Å²) in [5, 5.41) is 0. The first-order chi connectivity index (χ1) is 6.70. The highest BCUT2D eigenvalue weighted by molar-refractivity contribution is 5.33. The summed E-state index contributed by atoms with van der Waals surface area (Å²) in [6, 6.07) is 0. The fourth-order valence-corrected chi connectivity index (χ4v) is 0.856. The second-order valence-electron chi connectivity index (χ2n) is 2.62.